The quantitative estimate of drug-likeness (QED) is 0.563. The van der Waals surface area contributed by atoms with Crippen molar-refractivity contribution in [3.05, 3.63) is 59.8 Å². The summed E-state index contributed by atoms with van der Waals surface area (Å²) in [5, 5.41) is 0. The number of allylic oxidation sites excluding steroid dienone is 4. The van der Waals surface area contributed by atoms with Gasteiger partial charge in [0, 0.05) is 0 Å². The van der Waals surface area contributed by atoms with E-state index in [1.807, 2.05) is 0 Å². The molecule has 0 N–H and O–H groups in total. The highest BCUT2D eigenvalue weighted by molar-refractivity contribution is 5.68. The van der Waals surface area contributed by atoms with Gasteiger partial charge >= 0.3 is 6.16 Å². The lowest BCUT2D eigenvalue weighted by Crippen LogP contribution is -2.25. The molecule has 0 aliphatic heterocycles. The highest BCUT2D eigenvalue weighted by atomic mass is 16.7. The van der Waals surface area contributed by atoms with Gasteiger partial charge in [0.2, 0.25) is 0 Å². The predicted octanol–water partition coefficient (Wildman–Crippen LogP) is 1.64. The van der Waals surface area contributed by atoms with Crippen LogP contribution in [0.15, 0.2) is 59.8 Å². The molecule has 2 aliphatic carbocycles. The molecule has 5 heteroatoms. The lowest BCUT2D eigenvalue weighted by molar-refractivity contribution is 0.0384. The van der Waals surface area contributed by atoms with Crippen LogP contribution in [0.5, 0.6) is 0 Å². The van der Waals surface area contributed by atoms with Gasteiger partial charge in [-0.05, 0) is 24.3 Å². The molecule has 5 nitrogen and oxygen atoms in total. The fourth-order valence-corrected chi connectivity index (χ4v) is 1.67. The van der Waals surface area contributed by atoms with Crippen LogP contribution in [-0.4, -0.2) is 30.2 Å². The minimum atomic E-state index is -0.986. The van der Waals surface area contributed by atoms with Gasteiger partial charge < -0.3 is 9.47 Å². The van der Waals surface area contributed by atoms with Crippen molar-refractivity contribution in [2.24, 2.45) is 0 Å². The molecule has 0 aromatic carbocycles. The van der Waals surface area contributed by atoms with Gasteiger partial charge in [-0.15, -0.1) is 0 Å². The van der Waals surface area contributed by atoms with Gasteiger partial charge in [-0.3, -0.25) is 0 Å². The van der Waals surface area contributed by atoms with E-state index in [1.54, 1.807) is 36.2 Å². The molecule has 0 heterocycles. The molecule has 2 unspecified atom stereocenters. The summed E-state index contributed by atoms with van der Waals surface area (Å²) in [6.07, 6.45) is 9.91. The van der Waals surface area contributed by atoms with E-state index in [9.17, 15) is 14.4 Å². The van der Waals surface area contributed by atoms with Crippen LogP contribution in [0.2, 0.25) is 0 Å². The topological polar surface area (TPSA) is 69.7 Å². The third-order valence-electron chi connectivity index (χ3n) is 2.64. The Morgan fingerprint density at radius 2 is 1.30 bits per heavy atom. The van der Waals surface area contributed by atoms with Crippen molar-refractivity contribution in [1.82, 2.24) is 0 Å². The summed E-state index contributed by atoms with van der Waals surface area (Å²) in [5.74, 6) is 3.37. The van der Waals surface area contributed by atoms with Crippen LogP contribution in [0.1, 0.15) is 0 Å². The molecule has 2 rings (SSSR count). The number of ether oxygens (including phenoxy) is 2. The molecule has 0 spiro atoms. The van der Waals surface area contributed by atoms with Crippen molar-refractivity contribution in [2.75, 3.05) is 0 Å². The van der Waals surface area contributed by atoms with E-state index in [1.165, 1.54) is 24.3 Å². The highest BCUT2D eigenvalue weighted by Crippen LogP contribution is 2.16. The van der Waals surface area contributed by atoms with Crippen molar-refractivity contribution in [3.63, 3.8) is 0 Å². The van der Waals surface area contributed by atoms with E-state index >= 15 is 0 Å². The fraction of sp³-hybridized carbons (Fsp3) is 0.133. The first-order valence-electron chi connectivity index (χ1n) is 5.81. The van der Waals surface area contributed by atoms with Crippen LogP contribution in [0.4, 0.5) is 4.79 Å². The van der Waals surface area contributed by atoms with Crippen LogP contribution in [-0.2, 0) is 19.1 Å². The van der Waals surface area contributed by atoms with Crippen LogP contribution >= 0.6 is 0 Å². The van der Waals surface area contributed by atoms with Crippen molar-refractivity contribution in [3.8, 4) is 0 Å². The summed E-state index contributed by atoms with van der Waals surface area (Å²) in [4.78, 5) is 33.0. The van der Waals surface area contributed by atoms with E-state index in [0.717, 1.165) is 0 Å². The summed E-state index contributed by atoms with van der Waals surface area (Å²) in [7, 11) is 0. The zero-order valence-corrected chi connectivity index (χ0v) is 10.3. The van der Waals surface area contributed by atoms with Gasteiger partial charge in [0.25, 0.3) is 0 Å². The molecule has 0 fully saturated rings. The summed E-state index contributed by atoms with van der Waals surface area (Å²) < 4.78 is 9.98. The zero-order chi connectivity index (χ0) is 14.4. The molecule has 0 radical (unpaired) electrons. The Labute approximate surface area is 114 Å². The number of hydrogen-bond donors (Lipinski definition) is 0. The highest BCUT2D eigenvalue weighted by Gasteiger charge is 2.23. The minimum Gasteiger partial charge on any atom is -0.421 e. The standard InChI is InChI=1S/C15H10O5/c16-9-11-5-1-3-7-13(11)19-15(18)20-14-8-4-2-6-12(14)10-17/h1-8,13-14H. The first-order chi connectivity index (χ1) is 9.74. The Morgan fingerprint density at radius 3 is 1.70 bits per heavy atom. The van der Waals surface area contributed by atoms with E-state index in [0.29, 0.717) is 0 Å². The second-order valence-electron chi connectivity index (χ2n) is 3.93. The Hall–Kier alpha value is -2.87. The number of carbonyl (C=O) groups excluding carboxylic acids is 3. The SMILES string of the molecule is O=C=C1C=CC=CC1OC(=O)OC1C=CC=CC1=C=O. The largest absolute Gasteiger partial charge is 0.510 e. The van der Waals surface area contributed by atoms with Gasteiger partial charge in [0.1, 0.15) is 11.9 Å². The molecular formula is C15H10O5. The Bertz CT molecular complexity index is 569. The summed E-state index contributed by atoms with van der Waals surface area (Å²) in [5.41, 5.74) is 0.379. The maximum Gasteiger partial charge on any atom is 0.510 e. The molecule has 0 saturated carbocycles. The normalized spacial score (nSPS) is 23.2. The van der Waals surface area contributed by atoms with E-state index in [2.05, 4.69) is 0 Å². The molecule has 0 amide bonds. The molecule has 20 heavy (non-hydrogen) atoms. The maximum atomic E-state index is 11.7. The number of rotatable bonds is 2. The summed E-state index contributed by atoms with van der Waals surface area (Å²) in [6.45, 7) is 0. The summed E-state index contributed by atoms with van der Waals surface area (Å²) >= 11 is 0. The molecule has 0 bridgehead atoms. The van der Waals surface area contributed by atoms with Crippen LogP contribution in [0, 0.1) is 0 Å². The Balaban J connectivity index is 1.99. The third kappa shape index (κ3) is 3.12. The average Bonchev–Trinajstić information content (AvgIpc) is 2.48. The second kappa shape index (κ2) is 6.34. The van der Waals surface area contributed by atoms with Crippen LogP contribution in [0.3, 0.4) is 0 Å². The van der Waals surface area contributed by atoms with Gasteiger partial charge in [0.05, 0.1) is 11.1 Å². The molecule has 0 saturated heterocycles. The predicted molar refractivity (Wildman–Crippen MR) is 70.1 cm³/mol. The lowest BCUT2D eigenvalue weighted by Gasteiger charge is -2.18. The number of hydrogen-bond acceptors (Lipinski definition) is 5. The Kier molecular flexibility index (Phi) is 4.30. The first kappa shape index (κ1) is 13.6. The van der Waals surface area contributed by atoms with Gasteiger partial charge in [-0.1, -0.05) is 24.3 Å². The maximum absolute atomic E-state index is 11.7. The van der Waals surface area contributed by atoms with Gasteiger partial charge in [0.15, 0.2) is 12.2 Å². The van der Waals surface area contributed by atoms with Crippen molar-refractivity contribution < 1.29 is 23.9 Å². The molecular weight excluding hydrogens is 260 g/mol. The molecule has 100 valence electrons. The van der Waals surface area contributed by atoms with Crippen LogP contribution in [0.25, 0.3) is 0 Å². The van der Waals surface area contributed by atoms with Crippen molar-refractivity contribution >= 4 is 18.0 Å². The van der Waals surface area contributed by atoms with Gasteiger partial charge in [-0.2, -0.15) is 0 Å². The summed E-state index contributed by atoms with van der Waals surface area (Å²) in [6, 6.07) is 0. The monoisotopic (exact) mass is 270 g/mol. The molecule has 0 aromatic rings. The smallest absolute Gasteiger partial charge is 0.421 e. The van der Waals surface area contributed by atoms with Crippen molar-refractivity contribution in [2.45, 2.75) is 12.2 Å². The minimum absolute atomic E-state index is 0.190. The van der Waals surface area contributed by atoms with Gasteiger partial charge in [-0.25, -0.2) is 14.4 Å². The molecule has 2 atom stereocenters. The van der Waals surface area contributed by atoms with E-state index in [4.69, 9.17) is 9.47 Å². The second-order valence-corrected chi connectivity index (χ2v) is 3.93. The Morgan fingerprint density at radius 1 is 0.850 bits per heavy atom. The third-order valence-corrected chi connectivity index (χ3v) is 2.64. The lowest BCUT2D eigenvalue weighted by atomic mass is 10.1. The molecule has 2 aliphatic rings. The van der Waals surface area contributed by atoms with Crippen molar-refractivity contribution in [1.29, 1.82) is 0 Å². The first-order valence-corrected chi connectivity index (χ1v) is 5.81. The molecule has 0 aromatic heterocycles. The van der Waals surface area contributed by atoms with E-state index in [-0.39, 0.29) is 11.1 Å². The fourth-order valence-electron chi connectivity index (χ4n) is 1.67. The van der Waals surface area contributed by atoms with E-state index < -0.39 is 18.4 Å². The van der Waals surface area contributed by atoms with Crippen LogP contribution < -0.4 is 0 Å². The zero-order valence-electron chi connectivity index (χ0n) is 10.3. The number of carbonyl (C=O) groups is 1. The average molecular weight is 270 g/mol.